The lowest BCUT2D eigenvalue weighted by atomic mass is 9.95. The highest BCUT2D eigenvalue weighted by molar-refractivity contribution is 6.51. The third-order valence-electron chi connectivity index (χ3n) is 5.09. The lowest BCUT2D eigenvalue weighted by Gasteiger charge is -2.25. The molecule has 3 aromatic rings. The maximum Gasteiger partial charge on any atom is 0.300 e. The Labute approximate surface area is 181 Å². The van der Waals surface area contributed by atoms with E-state index in [2.05, 4.69) is 0 Å². The van der Waals surface area contributed by atoms with Gasteiger partial charge in [-0.25, -0.2) is 0 Å². The Hall–Kier alpha value is -3.86. The molecular weight excluding hydrogens is 390 g/mol. The molecule has 1 saturated heterocycles. The number of nitrogens with zero attached hydrogens (tertiary/aromatic N) is 1. The second-order valence-corrected chi connectivity index (χ2v) is 7.61. The fraction of sp³-hybridized carbons (Fsp3) is 0.154. The fourth-order valence-corrected chi connectivity index (χ4v) is 3.76. The SMILES string of the molecule is CC(C)Oc1ccc(N2C(=O)C(=O)/C(=C(/O)c3ccccc3)C2c2ccccc2)cc1. The lowest BCUT2D eigenvalue weighted by Crippen LogP contribution is -2.29. The summed E-state index contributed by atoms with van der Waals surface area (Å²) in [6.07, 6.45) is 0.0234. The minimum atomic E-state index is -0.738. The fourth-order valence-electron chi connectivity index (χ4n) is 3.76. The van der Waals surface area contributed by atoms with E-state index < -0.39 is 17.7 Å². The number of aliphatic hydroxyl groups excluding tert-OH is 1. The van der Waals surface area contributed by atoms with Gasteiger partial charge in [0.25, 0.3) is 11.7 Å². The molecule has 0 saturated carbocycles. The van der Waals surface area contributed by atoms with Gasteiger partial charge in [-0.2, -0.15) is 0 Å². The summed E-state index contributed by atoms with van der Waals surface area (Å²) in [5.41, 5.74) is 1.85. The molecule has 0 bridgehead atoms. The van der Waals surface area contributed by atoms with Crippen molar-refractivity contribution in [3.05, 3.63) is 102 Å². The first-order valence-corrected chi connectivity index (χ1v) is 10.2. The summed E-state index contributed by atoms with van der Waals surface area (Å²) in [4.78, 5) is 27.6. The maximum atomic E-state index is 13.1. The van der Waals surface area contributed by atoms with Crippen molar-refractivity contribution >= 4 is 23.1 Å². The van der Waals surface area contributed by atoms with E-state index in [0.717, 1.165) is 5.56 Å². The van der Waals surface area contributed by atoms with E-state index in [9.17, 15) is 14.7 Å². The van der Waals surface area contributed by atoms with Crippen LogP contribution in [-0.2, 0) is 9.59 Å². The Morgan fingerprint density at radius 3 is 2.03 bits per heavy atom. The molecule has 1 N–H and O–H groups in total. The Balaban J connectivity index is 1.85. The Morgan fingerprint density at radius 1 is 0.871 bits per heavy atom. The average Bonchev–Trinajstić information content (AvgIpc) is 3.05. The van der Waals surface area contributed by atoms with Gasteiger partial charge < -0.3 is 9.84 Å². The van der Waals surface area contributed by atoms with E-state index in [4.69, 9.17) is 4.74 Å². The minimum Gasteiger partial charge on any atom is -0.507 e. The van der Waals surface area contributed by atoms with Gasteiger partial charge in [0.05, 0.1) is 17.7 Å². The van der Waals surface area contributed by atoms with Gasteiger partial charge in [-0.05, 0) is 43.7 Å². The summed E-state index contributed by atoms with van der Waals surface area (Å²) in [7, 11) is 0. The summed E-state index contributed by atoms with van der Waals surface area (Å²) in [6.45, 7) is 3.87. The molecule has 156 valence electrons. The van der Waals surface area contributed by atoms with Crippen molar-refractivity contribution in [2.75, 3.05) is 4.90 Å². The van der Waals surface area contributed by atoms with Crippen LogP contribution in [0.15, 0.2) is 90.5 Å². The summed E-state index contributed by atoms with van der Waals surface area (Å²) < 4.78 is 5.69. The summed E-state index contributed by atoms with van der Waals surface area (Å²) in [6, 6.07) is 24.3. The van der Waals surface area contributed by atoms with Crippen LogP contribution in [0.4, 0.5) is 5.69 Å². The number of carbonyl (C=O) groups is 2. The van der Waals surface area contributed by atoms with Crippen molar-refractivity contribution in [3.63, 3.8) is 0 Å². The number of ketones is 1. The van der Waals surface area contributed by atoms with E-state index in [-0.39, 0.29) is 17.4 Å². The molecule has 1 aliphatic heterocycles. The van der Waals surface area contributed by atoms with Gasteiger partial charge in [0.2, 0.25) is 0 Å². The van der Waals surface area contributed by atoms with Crippen molar-refractivity contribution in [3.8, 4) is 5.75 Å². The van der Waals surface area contributed by atoms with Crippen molar-refractivity contribution in [1.29, 1.82) is 0 Å². The maximum absolute atomic E-state index is 13.1. The highest BCUT2D eigenvalue weighted by Crippen LogP contribution is 2.42. The first-order chi connectivity index (χ1) is 15.0. The van der Waals surface area contributed by atoms with Crippen molar-refractivity contribution in [1.82, 2.24) is 0 Å². The van der Waals surface area contributed by atoms with Crippen molar-refractivity contribution < 1.29 is 19.4 Å². The Kier molecular flexibility index (Phi) is 5.58. The van der Waals surface area contributed by atoms with Gasteiger partial charge in [-0.15, -0.1) is 0 Å². The number of hydrogen-bond acceptors (Lipinski definition) is 4. The summed E-state index contributed by atoms with van der Waals surface area (Å²) in [5, 5.41) is 11.0. The second-order valence-electron chi connectivity index (χ2n) is 7.61. The van der Waals surface area contributed by atoms with Gasteiger partial charge in [0.15, 0.2) is 0 Å². The first-order valence-electron chi connectivity index (χ1n) is 10.2. The van der Waals surface area contributed by atoms with Crippen LogP contribution in [0.1, 0.15) is 31.0 Å². The number of aliphatic hydroxyl groups is 1. The monoisotopic (exact) mass is 413 g/mol. The third kappa shape index (κ3) is 3.94. The number of anilines is 1. The zero-order valence-corrected chi connectivity index (χ0v) is 17.4. The predicted octanol–water partition coefficient (Wildman–Crippen LogP) is 5.10. The number of ether oxygens (including phenoxy) is 1. The highest BCUT2D eigenvalue weighted by atomic mass is 16.5. The standard InChI is InChI=1S/C26H23NO4/c1-17(2)31-21-15-13-20(14-16-21)27-23(18-9-5-3-6-10-18)22(25(29)26(27)30)24(28)19-11-7-4-8-12-19/h3-17,23,28H,1-2H3/b24-22+. The molecule has 5 heteroatoms. The topological polar surface area (TPSA) is 66.8 Å². The van der Waals surface area contributed by atoms with E-state index >= 15 is 0 Å². The van der Waals surface area contributed by atoms with E-state index in [1.54, 1.807) is 48.5 Å². The number of Topliss-reactive ketones (excluding diaryl/α,β-unsaturated/α-hetero) is 1. The quantitative estimate of drug-likeness (QED) is 0.359. The van der Waals surface area contributed by atoms with Crippen LogP contribution >= 0.6 is 0 Å². The molecule has 3 aromatic carbocycles. The molecule has 5 nitrogen and oxygen atoms in total. The molecule has 1 fully saturated rings. The summed E-state index contributed by atoms with van der Waals surface area (Å²) in [5.74, 6) is -0.896. The average molecular weight is 413 g/mol. The third-order valence-corrected chi connectivity index (χ3v) is 5.09. The largest absolute Gasteiger partial charge is 0.507 e. The normalized spacial score (nSPS) is 17.9. The number of hydrogen-bond donors (Lipinski definition) is 1. The van der Waals surface area contributed by atoms with E-state index in [1.165, 1.54) is 4.90 Å². The van der Waals surface area contributed by atoms with Crippen LogP contribution < -0.4 is 9.64 Å². The smallest absolute Gasteiger partial charge is 0.300 e. The molecular formula is C26H23NO4. The second kappa shape index (κ2) is 8.48. The molecule has 4 rings (SSSR count). The van der Waals surface area contributed by atoms with Crippen molar-refractivity contribution in [2.45, 2.75) is 26.0 Å². The molecule has 1 amide bonds. The van der Waals surface area contributed by atoms with Gasteiger partial charge in [-0.3, -0.25) is 14.5 Å². The molecule has 1 heterocycles. The van der Waals surface area contributed by atoms with Gasteiger partial charge >= 0.3 is 0 Å². The number of rotatable bonds is 5. The zero-order chi connectivity index (χ0) is 22.0. The van der Waals surface area contributed by atoms with Crippen LogP contribution in [0.2, 0.25) is 0 Å². The van der Waals surface area contributed by atoms with Crippen LogP contribution in [0.25, 0.3) is 5.76 Å². The number of amides is 1. The first kappa shape index (κ1) is 20.4. The highest BCUT2D eigenvalue weighted by Gasteiger charge is 2.46. The molecule has 0 spiro atoms. The van der Waals surface area contributed by atoms with Crippen LogP contribution in [0.3, 0.4) is 0 Å². The molecule has 1 atom stereocenters. The molecule has 1 unspecified atom stereocenters. The van der Waals surface area contributed by atoms with E-state index in [1.807, 2.05) is 50.2 Å². The predicted molar refractivity (Wildman–Crippen MR) is 120 cm³/mol. The summed E-state index contributed by atoms with van der Waals surface area (Å²) >= 11 is 0. The van der Waals surface area contributed by atoms with E-state index in [0.29, 0.717) is 17.0 Å². The van der Waals surface area contributed by atoms with Crippen LogP contribution in [0.5, 0.6) is 5.75 Å². The molecule has 0 aromatic heterocycles. The number of carbonyl (C=O) groups excluding carboxylic acids is 2. The van der Waals surface area contributed by atoms with Crippen LogP contribution in [-0.4, -0.2) is 22.9 Å². The Bertz CT molecular complexity index is 1120. The van der Waals surface area contributed by atoms with Gasteiger partial charge in [0, 0.05) is 11.3 Å². The minimum absolute atomic E-state index is 0.0234. The van der Waals surface area contributed by atoms with Gasteiger partial charge in [0.1, 0.15) is 11.5 Å². The van der Waals surface area contributed by atoms with Crippen LogP contribution in [0, 0.1) is 0 Å². The molecule has 0 radical (unpaired) electrons. The molecule has 0 aliphatic carbocycles. The zero-order valence-electron chi connectivity index (χ0n) is 17.4. The lowest BCUT2D eigenvalue weighted by molar-refractivity contribution is -0.132. The molecule has 1 aliphatic rings. The Morgan fingerprint density at radius 2 is 1.45 bits per heavy atom. The van der Waals surface area contributed by atoms with Gasteiger partial charge in [-0.1, -0.05) is 60.7 Å². The van der Waals surface area contributed by atoms with Crippen molar-refractivity contribution in [2.24, 2.45) is 0 Å². The molecule has 31 heavy (non-hydrogen) atoms. The number of benzene rings is 3.